The number of nitrogens with one attached hydrogen (secondary N) is 1. The number of rotatable bonds is 4. The minimum atomic E-state index is -3.78. The van der Waals surface area contributed by atoms with Gasteiger partial charge in [0.05, 0.1) is 13.4 Å². The summed E-state index contributed by atoms with van der Waals surface area (Å²) in [5.74, 6) is 0. The largest absolute Gasteiger partial charge is 0.301 e. The molecule has 10 heteroatoms. The summed E-state index contributed by atoms with van der Waals surface area (Å²) in [5.41, 5.74) is 3.67. The van der Waals surface area contributed by atoms with Crippen molar-refractivity contribution in [1.82, 2.24) is 5.43 Å². The topological polar surface area (TPSA) is 70.9 Å². The molecule has 2 aliphatic heterocycles. The lowest BCUT2D eigenvalue weighted by molar-refractivity contribution is 0.593. The molecule has 0 aromatic heterocycles. The molecule has 0 atom stereocenters. The van der Waals surface area contributed by atoms with Crippen molar-refractivity contribution in [3.8, 4) is 0 Å². The van der Waals surface area contributed by atoms with Crippen LogP contribution in [-0.2, 0) is 10.0 Å². The van der Waals surface area contributed by atoms with E-state index in [1.807, 2.05) is 23.1 Å². The first kappa shape index (κ1) is 17.0. The Balaban J connectivity index is 1.61. The number of hydrogen-bond donors (Lipinski definition) is 1. The molecule has 120 valence electrons. The molecule has 0 bridgehead atoms. The van der Waals surface area contributed by atoms with E-state index in [0.29, 0.717) is 0 Å². The molecular weight excluding hydrogens is 390 g/mol. The van der Waals surface area contributed by atoms with Gasteiger partial charge in [0.2, 0.25) is 0 Å². The molecule has 1 N–H and O–H groups in total. The summed E-state index contributed by atoms with van der Waals surface area (Å²) in [4.78, 5) is 0.128. The third-order valence-corrected chi connectivity index (χ3v) is 8.77. The highest BCUT2D eigenvalue weighted by Crippen LogP contribution is 2.52. The van der Waals surface area contributed by atoms with E-state index in [0.717, 1.165) is 14.8 Å². The number of hydrogen-bond acceptors (Lipinski definition) is 7. The van der Waals surface area contributed by atoms with Crippen LogP contribution < -0.4 is 5.43 Å². The molecule has 0 aliphatic carbocycles. The van der Waals surface area contributed by atoms with Gasteiger partial charge in [-0.25, -0.2) is 0 Å². The predicted molar refractivity (Wildman–Crippen MR) is 101 cm³/mol. The minimum absolute atomic E-state index is 0.128. The number of benzene rings is 1. The molecule has 0 spiro atoms. The fourth-order valence-electron chi connectivity index (χ4n) is 1.58. The van der Waals surface area contributed by atoms with Crippen molar-refractivity contribution < 1.29 is 8.42 Å². The van der Waals surface area contributed by atoms with Crippen LogP contribution in [-0.4, -0.2) is 8.42 Å². The van der Waals surface area contributed by atoms with Gasteiger partial charge in [-0.1, -0.05) is 70.0 Å². The fraction of sp³-hybridized carbons (Fsp3) is 0.0769. The zero-order valence-electron chi connectivity index (χ0n) is 11.8. The zero-order chi connectivity index (χ0) is 16.3. The summed E-state index contributed by atoms with van der Waals surface area (Å²) in [6.45, 7) is 1.89. The van der Waals surface area contributed by atoms with E-state index < -0.39 is 10.0 Å². The Bertz CT molecular complexity index is 816. The lowest BCUT2D eigenvalue weighted by Gasteiger charge is -2.01. The molecule has 3 rings (SSSR count). The van der Waals surface area contributed by atoms with E-state index >= 15 is 0 Å². The maximum absolute atomic E-state index is 12.0. The fourth-order valence-corrected chi connectivity index (χ4v) is 6.53. The maximum atomic E-state index is 12.0. The van der Waals surface area contributed by atoms with Crippen LogP contribution in [0, 0.1) is 6.92 Å². The number of thioether (sulfide) groups is 4. The van der Waals surface area contributed by atoms with Gasteiger partial charge in [0.1, 0.15) is 5.03 Å². The van der Waals surface area contributed by atoms with E-state index in [1.165, 1.54) is 28.1 Å². The summed E-state index contributed by atoms with van der Waals surface area (Å²) in [5, 5.41) is 10.3. The second-order valence-electron chi connectivity index (χ2n) is 4.37. The van der Waals surface area contributed by atoms with Gasteiger partial charge in [-0.3, -0.25) is 5.43 Å². The predicted octanol–water partition coefficient (Wildman–Crippen LogP) is 5.00. The lowest BCUT2D eigenvalue weighted by atomic mass is 10.2. The van der Waals surface area contributed by atoms with Crippen molar-refractivity contribution in [3.05, 3.63) is 59.6 Å². The van der Waals surface area contributed by atoms with Crippen LogP contribution in [0.4, 0.5) is 0 Å². The van der Waals surface area contributed by atoms with E-state index in [9.17, 15) is 8.42 Å². The van der Waals surface area contributed by atoms with Gasteiger partial charge < -0.3 is 0 Å². The normalized spacial score (nSPS) is 18.0. The van der Waals surface area contributed by atoms with Crippen molar-refractivity contribution in [2.75, 3.05) is 0 Å². The number of sulfonamides is 1. The van der Waals surface area contributed by atoms with Crippen LogP contribution in [0.15, 0.2) is 68.6 Å². The van der Waals surface area contributed by atoms with Gasteiger partial charge in [0.25, 0.3) is 0 Å². The van der Waals surface area contributed by atoms with Crippen LogP contribution in [0.5, 0.6) is 0 Å². The van der Waals surface area contributed by atoms with Crippen molar-refractivity contribution in [1.29, 1.82) is 0 Å². The van der Waals surface area contributed by atoms with Crippen LogP contribution in [0.1, 0.15) is 5.56 Å². The molecule has 0 saturated carbocycles. The van der Waals surface area contributed by atoms with Crippen LogP contribution in [0.25, 0.3) is 0 Å². The molecule has 0 unspecified atom stereocenters. The molecule has 5 nitrogen and oxygen atoms in total. The Morgan fingerprint density at radius 1 is 1.00 bits per heavy atom. The van der Waals surface area contributed by atoms with Gasteiger partial charge in [-0.05, 0) is 34.4 Å². The third-order valence-electron chi connectivity index (χ3n) is 2.68. The molecule has 2 heterocycles. The first-order valence-electron chi connectivity index (χ1n) is 6.31. The summed E-state index contributed by atoms with van der Waals surface area (Å²) >= 11 is 6.46. The molecule has 1 aromatic carbocycles. The SMILES string of the molecule is Cc1ccc(S(=O)(=O)N=NNC2=CSC(=C3SC=CS3)S2)cc1. The molecule has 23 heavy (non-hydrogen) atoms. The Labute approximate surface area is 151 Å². The van der Waals surface area contributed by atoms with Crippen molar-refractivity contribution in [3.63, 3.8) is 0 Å². The van der Waals surface area contributed by atoms with E-state index in [2.05, 4.69) is 15.2 Å². The number of aryl methyl sites for hydroxylation is 1. The molecule has 2 aliphatic rings. The van der Waals surface area contributed by atoms with Gasteiger partial charge in [-0.15, -0.1) is 0 Å². The van der Waals surface area contributed by atoms with Gasteiger partial charge in [-0.2, -0.15) is 8.42 Å². The summed E-state index contributed by atoms with van der Waals surface area (Å²) in [6.07, 6.45) is 0. The average Bonchev–Trinajstić information content (AvgIpc) is 3.18. The van der Waals surface area contributed by atoms with Gasteiger partial charge in [0, 0.05) is 5.41 Å². The van der Waals surface area contributed by atoms with Crippen LogP contribution in [0.2, 0.25) is 0 Å². The van der Waals surface area contributed by atoms with Crippen molar-refractivity contribution >= 4 is 57.1 Å². The first-order valence-corrected chi connectivity index (χ1v) is 11.2. The summed E-state index contributed by atoms with van der Waals surface area (Å²) in [6, 6.07) is 6.50. The number of nitrogens with zero attached hydrogens (tertiary/aromatic N) is 2. The van der Waals surface area contributed by atoms with Crippen LogP contribution >= 0.6 is 47.0 Å². The molecule has 1 aromatic rings. The Hall–Kier alpha value is -0.810. The third kappa shape index (κ3) is 4.38. The van der Waals surface area contributed by atoms with E-state index in [4.69, 9.17) is 0 Å². The second-order valence-corrected chi connectivity index (χ2v) is 10.2. The molecule has 0 amide bonds. The highest BCUT2D eigenvalue weighted by Gasteiger charge is 2.19. The quantitative estimate of drug-likeness (QED) is 0.562. The summed E-state index contributed by atoms with van der Waals surface area (Å²) in [7, 11) is -3.78. The van der Waals surface area contributed by atoms with Crippen molar-refractivity contribution in [2.24, 2.45) is 9.74 Å². The molecule has 0 radical (unpaired) electrons. The highest BCUT2D eigenvalue weighted by molar-refractivity contribution is 8.33. The van der Waals surface area contributed by atoms with E-state index in [-0.39, 0.29) is 4.90 Å². The van der Waals surface area contributed by atoms with Crippen molar-refractivity contribution in [2.45, 2.75) is 11.8 Å². The Morgan fingerprint density at radius 2 is 1.70 bits per heavy atom. The minimum Gasteiger partial charge on any atom is -0.252 e. The Kier molecular flexibility index (Phi) is 5.47. The maximum Gasteiger partial charge on any atom is 0.301 e. The van der Waals surface area contributed by atoms with Gasteiger partial charge in [0.15, 0.2) is 0 Å². The van der Waals surface area contributed by atoms with Crippen LogP contribution in [0.3, 0.4) is 0 Å². The average molecular weight is 402 g/mol. The molecule has 0 fully saturated rings. The van der Waals surface area contributed by atoms with Gasteiger partial charge >= 0.3 is 10.0 Å². The first-order chi connectivity index (χ1) is 11.0. The molecular formula is C13H11N3O2S5. The lowest BCUT2D eigenvalue weighted by Crippen LogP contribution is -2.02. The standard InChI is InChI=1S/C13H11N3O2S5/c1-9-2-4-10(5-3-9)23(17,18)16-15-14-11-8-21-13(22-11)12-19-6-7-20-12/h2-8H,1H3,(H,14,16). The summed E-state index contributed by atoms with van der Waals surface area (Å²) < 4.78 is 29.9. The monoisotopic (exact) mass is 401 g/mol. The zero-order valence-corrected chi connectivity index (χ0v) is 15.9. The molecule has 0 saturated heterocycles. The Morgan fingerprint density at radius 3 is 2.39 bits per heavy atom. The van der Waals surface area contributed by atoms with E-state index in [1.54, 1.807) is 47.4 Å². The second kappa shape index (κ2) is 7.39. The smallest absolute Gasteiger partial charge is 0.252 e. The highest BCUT2D eigenvalue weighted by atomic mass is 32.2.